The molecule has 3 nitrogen and oxygen atoms in total. The van der Waals surface area contributed by atoms with Gasteiger partial charge in [-0.05, 0) is 61.6 Å². The Balaban J connectivity index is 1.64. The van der Waals surface area contributed by atoms with Crippen molar-refractivity contribution >= 4 is 73.7 Å². The molecule has 3 aromatic carbocycles. The van der Waals surface area contributed by atoms with Crippen LogP contribution in [0.1, 0.15) is 6.92 Å². The molecule has 0 saturated carbocycles. The lowest BCUT2D eigenvalue weighted by Crippen LogP contribution is -2.19. The summed E-state index contributed by atoms with van der Waals surface area (Å²) in [7, 11) is 0. The SMILES string of the molecule is CCn1c2ccccc2c2cc(NC(=S)Nc3ccc(Cl)cc3Cl)ccc21. The monoisotopic (exact) mass is 413 g/mol. The van der Waals surface area contributed by atoms with Crippen LogP contribution in [0.25, 0.3) is 21.8 Å². The van der Waals surface area contributed by atoms with Gasteiger partial charge in [-0.1, -0.05) is 41.4 Å². The van der Waals surface area contributed by atoms with Gasteiger partial charge in [0, 0.05) is 39.1 Å². The van der Waals surface area contributed by atoms with Gasteiger partial charge >= 0.3 is 0 Å². The summed E-state index contributed by atoms with van der Waals surface area (Å²) in [5.41, 5.74) is 4.08. The van der Waals surface area contributed by atoms with Crippen molar-refractivity contribution in [3.8, 4) is 0 Å². The molecular weight excluding hydrogens is 397 g/mol. The molecular formula is C21H17Cl2N3S. The second-order valence-corrected chi connectivity index (χ2v) is 7.45. The average Bonchev–Trinajstić information content (AvgIpc) is 2.97. The van der Waals surface area contributed by atoms with E-state index in [-0.39, 0.29) is 0 Å². The Labute approximate surface area is 172 Å². The van der Waals surface area contributed by atoms with Crippen molar-refractivity contribution in [2.24, 2.45) is 0 Å². The number of nitrogens with one attached hydrogen (secondary N) is 2. The smallest absolute Gasteiger partial charge is 0.175 e. The van der Waals surface area contributed by atoms with Crippen LogP contribution in [0.5, 0.6) is 0 Å². The van der Waals surface area contributed by atoms with E-state index in [0.717, 1.165) is 12.2 Å². The molecule has 4 aromatic rings. The molecule has 1 aromatic heterocycles. The van der Waals surface area contributed by atoms with E-state index in [1.807, 2.05) is 6.07 Å². The van der Waals surface area contributed by atoms with Crippen LogP contribution in [0, 0.1) is 0 Å². The summed E-state index contributed by atoms with van der Waals surface area (Å²) < 4.78 is 2.32. The second-order valence-electron chi connectivity index (χ2n) is 6.20. The number of aryl methyl sites for hydroxylation is 1. The highest BCUT2D eigenvalue weighted by molar-refractivity contribution is 7.80. The lowest BCUT2D eigenvalue weighted by atomic mass is 10.1. The van der Waals surface area contributed by atoms with Crippen molar-refractivity contribution in [3.63, 3.8) is 0 Å². The number of rotatable bonds is 3. The Morgan fingerprint density at radius 1 is 0.926 bits per heavy atom. The fourth-order valence-corrected chi connectivity index (χ4v) is 4.03. The molecule has 0 unspecified atom stereocenters. The van der Waals surface area contributed by atoms with Crippen LogP contribution in [0.15, 0.2) is 60.7 Å². The summed E-state index contributed by atoms with van der Waals surface area (Å²) in [6, 6.07) is 20.0. The van der Waals surface area contributed by atoms with Crippen LogP contribution in [-0.4, -0.2) is 9.68 Å². The number of nitrogens with zero attached hydrogens (tertiary/aromatic N) is 1. The van der Waals surface area contributed by atoms with E-state index >= 15 is 0 Å². The van der Waals surface area contributed by atoms with Crippen molar-refractivity contribution < 1.29 is 0 Å². The number of hydrogen-bond donors (Lipinski definition) is 2. The predicted molar refractivity (Wildman–Crippen MR) is 121 cm³/mol. The van der Waals surface area contributed by atoms with E-state index in [9.17, 15) is 0 Å². The van der Waals surface area contributed by atoms with Gasteiger partial charge in [-0.25, -0.2) is 0 Å². The highest BCUT2D eigenvalue weighted by atomic mass is 35.5. The molecule has 136 valence electrons. The van der Waals surface area contributed by atoms with Gasteiger partial charge in [0.15, 0.2) is 5.11 Å². The Kier molecular flexibility index (Phi) is 4.96. The average molecular weight is 414 g/mol. The lowest BCUT2D eigenvalue weighted by molar-refractivity contribution is 0.827. The molecule has 0 aliphatic carbocycles. The minimum absolute atomic E-state index is 0.470. The number of benzene rings is 3. The molecule has 27 heavy (non-hydrogen) atoms. The van der Waals surface area contributed by atoms with Gasteiger partial charge in [-0.2, -0.15) is 0 Å². The second kappa shape index (κ2) is 7.39. The standard InChI is InChI=1S/C21H17Cl2N3S/c1-2-26-19-6-4-3-5-15(19)16-12-14(8-10-20(16)26)24-21(27)25-18-9-7-13(22)11-17(18)23/h3-12H,2H2,1H3,(H2,24,25,27). The number of anilines is 2. The fraction of sp³-hybridized carbons (Fsp3) is 0.0952. The first-order valence-corrected chi connectivity index (χ1v) is 9.77. The Morgan fingerprint density at radius 3 is 2.48 bits per heavy atom. The topological polar surface area (TPSA) is 29.0 Å². The van der Waals surface area contributed by atoms with Gasteiger partial charge in [0.2, 0.25) is 0 Å². The maximum absolute atomic E-state index is 6.20. The predicted octanol–water partition coefficient (Wildman–Crippen LogP) is 6.93. The van der Waals surface area contributed by atoms with Gasteiger partial charge < -0.3 is 15.2 Å². The molecule has 0 bridgehead atoms. The number of thiocarbonyl (C=S) groups is 1. The first-order chi connectivity index (χ1) is 13.1. The van der Waals surface area contributed by atoms with E-state index < -0.39 is 0 Å². The zero-order chi connectivity index (χ0) is 19.0. The molecule has 0 aliphatic rings. The molecule has 1 heterocycles. The Hall–Kier alpha value is -2.27. The van der Waals surface area contributed by atoms with Crippen molar-refractivity contribution in [1.82, 2.24) is 4.57 Å². The van der Waals surface area contributed by atoms with Crippen molar-refractivity contribution in [1.29, 1.82) is 0 Å². The van der Waals surface area contributed by atoms with Crippen LogP contribution >= 0.6 is 35.4 Å². The zero-order valence-corrected chi connectivity index (χ0v) is 16.9. The number of para-hydroxylation sites is 1. The van der Waals surface area contributed by atoms with Crippen LogP contribution in [0.3, 0.4) is 0 Å². The normalized spacial score (nSPS) is 11.1. The minimum atomic E-state index is 0.470. The summed E-state index contributed by atoms with van der Waals surface area (Å²) in [5.74, 6) is 0. The number of hydrogen-bond acceptors (Lipinski definition) is 1. The lowest BCUT2D eigenvalue weighted by Gasteiger charge is -2.12. The largest absolute Gasteiger partial charge is 0.341 e. The minimum Gasteiger partial charge on any atom is -0.341 e. The zero-order valence-electron chi connectivity index (χ0n) is 14.6. The third-order valence-electron chi connectivity index (χ3n) is 4.53. The maximum Gasteiger partial charge on any atom is 0.175 e. The summed E-state index contributed by atoms with van der Waals surface area (Å²) in [4.78, 5) is 0. The van der Waals surface area contributed by atoms with E-state index in [4.69, 9.17) is 35.4 Å². The van der Waals surface area contributed by atoms with E-state index in [1.54, 1.807) is 18.2 Å². The van der Waals surface area contributed by atoms with Gasteiger partial charge in [0.25, 0.3) is 0 Å². The molecule has 0 fully saturated rings. The highest BCUT2D eigenvalue weighted by Gasteiger charge is 2.10. The van der Waals surface area contributed by atoms with Crippen LogP contribution in [0.2, 0.25) is 10.0 Å². The van der Waals surface area contributed by atoms with E-state index in [2.05, 4.69) is 58.5 Å². The van der Waals surface area contributed by atoms with Gasteiger partial charge in [-0.3, -0.25) is 0 Å². The molecule has 2 N–H and O–H groups in total. The first-order valence-electron chi connectivity index (χ1n) is 8.61. The van der Waals surface area contributed by atoms with E-state index in [1.165, 1.54) is 21.8 Å². The maximum atomic E-state index is 6.20. The Bertz CT molecular complexity index is 1170. The van der Waals surface area contributed by atoms with Crippen LogP contribution < -0.4 is 10.6 Å². The molecule has 0 atom stereocenters. The molecule has 0 amide bonds. The molecule has 0 radical (unpaired) electrons. The Morgan fingerprint density at radius 2 is 1.70 bits per heavy atom. The quantitative estimate of drug-likeness (QED) is 0.356. The van der Waals surface area contributed by atoms with Gasteiger partial charge in [0.05, 0.1) is 10.7 Å². The van der Waals surface area contributed by atoms with Crippen LogP contribution in [0.4, 0.5) is 11.4 Å². The highest BCUT2D eigenvalue weighted by Crippen LogP contribution is 2.31. The third kappa shape index (κ3) is 3.48. The van der Waals surface area contributed by atoms with Crippen molar-refractivity contribution in [2.45, 2.75) is 13.5 Å². The number of fused-ring (bicyclic) bond motifs is 3. The van der Waals surface area contributed by atoms with Crippen molar-refractivity contribution in [3.05, 3.63) is 70.7 Å². The summed E-state index contributed by atoms with van der Waals surface area (Å²) in [6.07, 6.45) is 0. The molecule has 0 saturated heterocycles. The van der Waals surface area contributed by atoms with Gasteiger partial charge in [-0.15, -0.1) is 0 Å². The molecule has 0 aliphatic heterocycles. The molecule has 6 heteroatoms. The van der Waals surface area contributed by atoms with Gasteiger partial charge in [0.1, 0.15) is 0 Å². The molecule has 4 rings (SSSR count). The fourth-order valence-electron chi connectivity index (χ4n) is 3.35. The summed E-state index contributed by atoms with van der Waals surface area (Å²) in [5, 5.41) is 10.4. The third-order valence-corrected chi connectivity index (χ3v) is 5.28. The van der Waals surface area contributed by atoms with E-state index in [0.29, 0.717) is 20.8 Å². The van der Waals surface area contributed by atoms with Crippen molar-refractivity contribution in [2.75, 3.05) is 10.6 Å². The molecule has 0 spiro atoms. The summed E-state index contributed by atoms with van der Waals surface area (Å²) in [6.45, 7) is 3.08. The number of halogens is 2. The van der Waals surface area contributed by atoms with Crippen LogP contribution in [-0.2, 0) is 6.54 Å². The number of aromatic nitrogens is 1. The first kappa shape index (κ1) is 18.1. The summed E-state index contributed by atoms with van der Waals surface area (Å²) >= 11 is 17.6.